The van der Waals surface area contributed by atoms with E-state index < -0.39 is 0 Å². The third kappa shape index (κ3) is 4.51. The summed E-state index contributed by atoms with van der Waals surface area (Å²) in [7, 11) is 1.87. The Balaban J connectivity index is 1.85. The molecule has 0 bridgehead atoms. The monoisotopic (exact) mass is 354 g/mol. The van der Waals surface area contributed by atoms with Gasteiger partial charge < -0.3 is 4.90 Å². The normalized spacial score (nSPS) is 15.4. The zero-order chi connectivity index (χ0) is 18.5. The number of hydrogen-bond donors (Lipinski definition) is 0. The number of pyridine rings is 1. The molecule has 1 fully saturated rings. The molecule has 0 radical (unpaired) electrons. The molecule has 0 aromatic carbocycles. The van der Waals surface area contributed by atoms with E-state index in [0.717, 1.165) is 30.7 Å². The molecule has 26 heavy (non-hydrogen) atoms. The number of aryl methyl sites for hydroxylation is 1. The summed E-state index contributed by atoms with van der Waals surface area (Å²) in [5.41, 5.74) is 2.62. The lowest BCUT2D eigenvalue weighted by molar-refractivity contribution is 0.0599. The lowest BCUT2D eigenvalue weighted by atomic mass is 9.93. The third-order valence-corrected chi connectivity index (χ3v) is 5.10. The van der Waals surface area contributed by atoms with Crippen molar-refractivity contribution < 1.29 is 4.79 Å². The molecule has 0 unspecified atom stereocenters. The molecule has 2 aromatic rings. The first-order valence-corrected chi connectivity index (χ1v) is 9.78. The third-order valence-electron chi connectivity index (χ3n) is 5.10. The molecule has 140 valence electrons. The molecule has 1 aliphatic rings. The highest BCUT2D eigenvalue weighted by Crippen LogP contribution is 2.25. The summed E-state index contributed by atoms with van der Waals surface area (Å²) < 4.78 is 1.74. The van der Waals surface area contributed by atoms with E-state index in [4.69, 9.17) is 0 Å². The fourth-order valence-corrected chi connectivity index (χ4v) is 3.82. The number of hydrogen-bond acceptors (Lipinski definition) is 3. The van der Waals surface area contributed by atoms with Gasteiger partial charge in [0.1, 0.15) is 5.69 Å². The van der Waals surface area contributed by atoms with Crippen molar-refractivity contribution in [1.29, 1.82) is 0 Å². The minimum Gasteiger partial charge on any atom is -0.328 e. The van der Waals surface area contributed by atoms with Gasteiger partial charge in [0, 0.05) is 19.3 Å². The number of aromatic nitrogens is 3. The second-order valence-corrected chi connectivity index (χ2v) is 7.79. The number of carbonyl (C=O) groups excluding carboxylic acids is 1. The Morgan fingerprint density at radius 2 is 2.00 bits per heavy atom. The van der Waals surface area contributed by atoms with Crippen LogP contribution in [0.4, 0.5) is 0 Å². The molecule has 0 spiro atoms. The van der Waals surface area contributed by atoms with Gasteiger partial charge in [0.15, 0.2) is 0 Å². The van der Waals surface area contributed by atoms with Gasteiger partial charge in [0.25, 0.3) is 5.91 Å². The maximum Gasteiger partial charge on any atom is 0.272 e. The number of nitrogens with zero attached hydrogens (tertiary/aromatic N) is 4. The Labute approximate surface area is 156 Å². The summed E-state index contributed by atoms with van der Waals surface area (Å²) in [6, 6.07) is 8.15. The van der Waals surface area contributed by atoms with Gasteiger partial charge in [-0.15, -0.1) is 0 Å². The van der Waals surface area contributed by atoms with Gasteiger partial charge >= 0.3 is 0 Å². The molecular formula is C21H30N4O. The molecule has 0 N–H and O–H groups in total. The number of rotatable bonds is 6. The van der Waals surface area contributed by atoms with Crippen molar-refractivity contribution in [3.63, 3.8) is 0 Å². The van der Waals surface area contributed by atoms with Gasteiger partial charge in [-0.25, -0.2) is 0 Å². The van der Waals surface area contributed by atoms with E-state index in [1.807, 2.05) is 36.2 Å². The van der Waals surface area contributed by atoms with Crippen LogP contribution in [0.15, 0.2) is 30.5 Å². The molecule has 0 aliphatic heterocycles. The van der Waals surface area contributed by atoms with Crippen LogP contribution in [0, 0.1) is 5.92 Å². The van der Waals surface area contributed by atoms with E-state index in [9.17, 15) is 4.79 Å². The fraction of sp³-hybridized carbons (Fsp3) is 0.571. The molecule has 2 aromatic heterocycles. The topological polar surface area (TPSA) is 51.0 Å². The average Bonchev–Trinajstić information content (AvgIpc) is 3.00. The Morgan fingerprint density at radius 3 is 2.65 bits per heavy atom. The molecule has 1 aliphatic carbocycles. The maximum absolute atomic E-state index is 13.4. The van der Waals surface area contributed by atoms with Crippen molar-refractivity contribution in [2.24, 2.45) is 13.0 Å². The maximum atomic E-state index is 13.4. The van der Waals surface area contributed by atoms with Gasteiger partial charge in [-0.2, -0.15) is 5.10 Å². The highest BCUT2D eigenvalue weighted by molar-refractivity contribution is 5.93. The predicted octanol–water partition coefficient (Wildman–Crippen LogP) is 3.99. The molecular weight excluding hydrogens is 324 g/mol. The molecule has 0 atom stereocenters. The zero-order valence-corrected chi connectivity index (χ0v) is 16.2. The Bertz CT molecular complexity index is 717. The molecule has 3 rings (SSSR count). The zero-order valence-electron chi connectivity index (χ0n) is 16.2. The summed E-state index contributed by atoms with van der Waals surface area (Å²) in [4.78, 5) is 19.9. The van der Waals surface area contributed by atoms with Crippen LogP contribution in [0.5, 0.6) is 0 Å². The highest BCUT2D eigenvalue weighted by atomic mass is 16.2. The summed E-state index contributed by atoms with van der Waals surface area (Å²) >= 11 is 0. The van der Waals surface area contributed by atoms with Crippen LogP contribution in [0.3, 0.4) is 0 Å². The van der Waals surface area contributed by atoms with E-state index in [1.165, 1.54) is 19.3 Å². The van der Waals surface area contributed by atoms with Crippen molar-refractivity contribution in [2.75, 3.05) is 0 Å². The summed E-state index contributed by atoms with van der Waals surface area (Å²) in [5, 5.41) is 4.56. The predicted molar refractivity (Wildman–Crippen MR) is 103 cm³/mol. The van der Waals surface area contributed by atoms with E-state index in [0.29, 0.717) is 24.2 Å². The minimum atomic E-state index is 0.0764. The van der Waals surface area contributed by atoms with Gasteiger partial charge in [0.2, 0.25) is 0 Å². The second-order valence-electron chi connectivity index (χ2n) is 7.79. The summed E-state index contributed by atoms with van der Waals surface area (Å²) in [6.07, 6.45) is 8.51. The van der Waals surface area contributed by atoms with Crippen molar-refractivity contribution in [2.45, 2.75) is 65.0 Å². The van der Waals surface area contributed by atoms with Gasteiger partial charge in [-0.05, 0) is 43.4 Å². The molecule has 5 nitrogen and oxygen atoms in total. The summed E-state index contributed by atoms with van der Waals surface area (Å²) in [5.74, 6) is 0.600. The molecule has 2 heterocycles. The standard InChI is InChI=1S/C21H30N4O/c1-16(2)13-18-14-20(24(3)23-18)21(26)25(19-10-5-4-6-11-19)15-17-9-7-8-12-22-17/h7-9,12,14,16,19H,4-6,10-11,13,15H2,1-3H3. The Kier molecular flexibility index (Phi) is 6.07. The lowest BCUT2D eigenvalue weighted by Crippen LogP contribution is -2.41. The number of amides is 1. The molecule has 5 heteroatoms. The molecule has 1 amide bonds. The van der Waals surface area contributed by atoms with Gasteiger partial charge in [0.05, 0.1) is 17.9 Å². The first-order chi connectivity index (χ1) is 12.5. The van der Waals surface area contributed by atoms with E-state index in [-0.39, 0.29) is 5.91 Å². The van der Waals surface area contributed by atoms with Crippen LogP contribution in [-0.2, 0) is 20.0 Å². The molecule has 1 saturated carbocycles. The van der Waals surface area contributed by atoms with Gasteiger partial charge in [-0.3, -0.25) is 14.5 Å². The van der Waals surface area contributed by atoms with Crippen LogP contribution in [0.2, 0.25) is 0 Å². The van der Waals surface area contributed by atoms with Crippen LogP contribution in [-0.4, -0.2) is 31.6 Å². The quantitative estimate of drug-likeness (QED) is 0.788. The van der Waals surface area contributed by atoms with E-state index in [2.05, 4.69) is 23.9 Å². The first kappa shape index (κ1) is 18.6. The Hall–Kier alpha value is -2.17. The number of carbonyl (C=O) groups is 1. The average molecular weight is 354 g/mol. The van der Waals surface area contributed by atoms with Crippen molar-refractivity contribution in [3.05, 3.63) is 47.5 Å². The van der Waals surface area contributed by atoms with Crippen LogP contribution >= 0.6 is 0 Å². The van der Waals surface area contributed by atoms with Crippen LogP contribution in [0.25, 0.3) is 0 Å². The van der Waals surface area contributed by atoms with Crippen molar-refractivity contribution in [1.82, 2.24) is 19.7 Å². The summed E-state index contributed by atoms with van der Waals surface area (Å²) in [6.45, 7) is 4.91. The van der Waals surface area contributed by atoms with Crippen LogP contribution in [0.1, 0.15) is 67.8 Å². The first-order valence-electron chi connectivity index (χ1n) is 9.78. The van der Waals surface area contributed by atoms with E-state index >= 15 is 0 Å². The van der Waals surface area contributed by atoms with Gasteiger partial charge in [-0.1, -0.05) is 39.2 Å². The smallest absolute Gasteiger partial charge is 0.272 e. The lowest BCUT2D eigenvalue weighted by Gasteiger charge is -2.34. The van der Waals surface area contributed by atoms with E-state index in [1.54, 1.807) is 10.9 Å². The largest absolute Gasteiger partial charge is 0.328 e. The van der Waals surface area contributed by atoms with Crippen molar-refractivity contribution >= 4 is 5.91 Å². The highest BCUT2D eigenvalue weighted by Gasteiger charge is 2.28. The fourth-order valence-electron chi connectivity index (χ4n) is 3.82. The SMILES string of the molecule is CC(C)Cc1cc(C(=O)N(Cc2ccccn2)C2CCCCC2)n(C)n1. The minimum absolute atomic E-state index is 0.0764. The van der Waals surface area contributed by atoms with Crippen LogP contribution < -0.4 is 0 Å². The van der Waals surface area contributed by atoms with Crippen molar-refractivity contribution in [3.8, 4) is 0 Å². The molecule has 0 saturated heterocycles. The Morgan fingerprint density at radius 1 is 1.23 bits per heavy atom. The second kappa shape index (κ2) is 8.47.